The summed E-state index contributed by atoms with van der Waals surface area (Å²) >= 11 is 3.21. The molecule has 0 radical (unpaired) electrons. The van der Waals surface area contributed by atoms with E-state index in [1.807, 2.05) is 0 Å². The second kappa shape index (κ2) is 6.34. The van der Waals surface area contributed by atoms with Gasteiger partial charge in [0, 0.05) is 17.0 Å². The first-order chi connectivity index (χ1) is 8.41. The maximum Gasteiger partial charge on any atom is 0.312 e. The minimum atomic E-state index is -0.474. The zero-order valence-corrected chi connectivity index (χ0v) is 11.5. The van der Waals surface area contributed by atoms with Gasteiger partial charge in [-0.1, -0.05) is 15.9 Å². The van der Waals surface area contributed by atoms with Crippen LogP contribution in [0.3, 0.4) is 0 Å². The highest BCUT2D eigenvalue weighted by molar-refractivity contribution is 9.10. The molecule has 1 aromatic rings. The molecule has 18 heavy (non-hydrogen) atoms. The second-order valence-electron chi connectivity index (χ2n) is 3.81. The molecular weight excluding hydrogens is 302 g/mol. The van der Waals surface area contributed by atoms with E-state index < -0.39 is 4.92 Å². The molecule has 0 spiro atoms. The maximum absolute atomic E-state index is 10.9. The third-order valence-corrected chi connectivity index (χ3v) is 2.71. The largest absolute Gasteiger partial charge is 0.487 e. The molecule has 0 atom stereocenters. The topological polar surface area (TPSA) is 102 Å². The van der Waals surface area contributed by atoms with Crippen LogP contribution < -0.4 is 10.5 Å². The zero-order valence-electron chi connectivity index (χ0n) is 9.90. The Balaban J connectivity index is 2.80. The first-order valence-corrected chi connectivity index (χ1v) is 6.11. The second-order valence-corrected chi connectivity index (χ2v) is 4.72. The van der Waals surface area contributed by atoms with E-state index in [0.29, 0.717) is 29.5 Å². The molecule has 0 amide bonds. The van der Waals surface area contributed by atoms with Gasteiger partial charge in [0.15, 0.2) is 5.75 Å². The van der Waals surface area contributed by atoms with Gasteiger partial charge in [0.2, 0.25) is 0 Å². The summed E-state index contributed by atoms with van der Waals surface area (Å²) < 4.78 is 6.06. The standard InChI is InChI=1S/C11H14BrN3O3/c1-7-5-8(12)6-9(15(16)17)11(7)18-4-2-3-10(13)14/h5-6H,2-4H2,1H3,(H3,13,14). The van der Waals surface area contributed by atoms with Gasteiger partial charge in [-0.05, 0) is 25.0 Å². The SMILES string of the molecule is Cc1cc(Br)cc([N+](=O)[O-])c1OCCCC(=N)N. The molecule has 0 saturated heterocycles. The zero-order chi connectivity index (χ0) is 13.7. The summed E-state index contributed by atoms with van der Waals surface area (Å²) in [6.45, 7) is 2.04. The quantitative estimate of drug-likeness (QED) is 0.277. The molecular formula is C11H14BrN3O3. The van der Waals surface area contributed by atoms with E-state index >= 15 is 0 Å². The highest BCUT2D eigenvalue weighted by atomic mass is 79.9. The number of nitro benzene ring substituents is 1. The Kier molecular flexibility index (Phi) is 5.08. The van der Waals surface area contributed by atoms with Crippen LogP contribution in [-0.2, 0) is 0 Å². The predicted octanol–water partition coefficient (Wildman–Crippen LogP) is 2.76. The Morgan fingerprint density at radius 3 is 2.83 bits per heavy atom. The first kappa shape index (κ1) is 14.4. The number of aryl methyl sites for hydroxylation is 1. The van der Waals surface area contributed by atoms with Crippen LogP contribution in [0.4, 0.5) is 5.69 Å². The summed E-state index contributed by atoms with van der Waals surface area (Å²) in [6.07, 6.45) is 0.978. The van der Waals surface area contributed by atoms with Crippen LogP contribution in [0.5, 0.6) is 5.75 Å². The number of rotatable bonds is 6. The van der Waals surface area contributed by atoms with Gasteiger partial charge in [0.05, 0.1) is 17.4 Å². The van der Waals surface area contributed by atoms with E-state index in [9.17, 15) is 10.1 Å². The summed E-state index contributed by atoms with van der Waals surface area (Å²) in [6, 6.07) is 3.17. The molecule has 0 bridgehead atoms. The monoisotopic (exact) mass is 315 g/mol. The lowest BCUT2D eigenvalue weighted by molar-refractivity contribution is -0.386. The molecule has 98 valence electrons. The average Bonchev–Trinajstić information content (AvgIpc) is 2.25. The average molecular weight is 316 g/mol. The van der Waals surface area contributed by atoms with Crippen molar-refractivity contribution in [3.63, 3.8) is 0 Å². The number of nitrogens with one attached hydrogen (secondary N) is 1. The van der Waals surface area contributed by atoms with Crippen molar-refractivity contribution >= 4 is 27.5 Å². The summed E-state index contributed by atoms with van der Waals surface area (Å²) in [5.41, 5.74) is 5.84. The van der Waals surface area contributed by atoms with Crippen molar-refractivity contribution in [1.29, 1.82) is 5.41 Å². The van der Waals surface area contributed by atoms with Crippen molar-refractivity contribution in [2.45, 2.75) is 19.8 Å². The van der Waals surface area contributed by atoms with Crippen LogP contribution >= 0.6 is 15.9 Å². The summed E-state index contributed by atoms with van der Waals surface area (Å²) in [5, 5.41) is 18.0. The number of hydrogen-bond donors (Lipinski definition) is 2. The lowest BCUT2D eigenvalue weighted by atomic mass is 10.2. The first-order valence-electron chi connectivity index (χ1n) is 5.32. The Morgan fingerprint density at radius 1 is 1.61 bits per heavy atom. The summed E-state index contributed by atoms with van der Waals surface area (Å²) in [4.78, 5) is 10.4. The molecule has 1 rings (SSSR count). The molecule has 0 unspecified atom stereocenters. The number of benzene rings is 1. The third-order valence-electron chi connectivity index (χ3n) is 2.25. The van der Waals surface area contributed by atoms with Gasteiger partial charge in [-0.3, -0.25) is 15.5 Å². The number of nitro groups is 1. The van der Waals surface area contributed by atoms with Gasteiger partial charge in [0.1, 0.15) is 0 Å². The van der Waals surface area contributed by atoms with Gasteiger partial charge in [-0.15, -0.1) is 0 Å². The van der Waals surface area contributed by atoms with E-state index in [1.54, 1.807) is 13.0 Å². The van der Waals surface area contributed by atoms with Crippen LogP contribution in [0.1, 0.15) is 18.4 Å². The van der Waals surface area contributed by atoms with Crippen LogP contribution in [0.2, 0.25) is 0 Å². The summed E-state index contributed by atoms with van der Waals surface area (Å²) in [5.74, 6) is 0.354. The van der Waals surface area contributed by atoms with Crippen molar-refractivity contribution in [2.24, 2.45) is 5.73 Å². The predicted molar refractivity (Wildman–Crippen MR) is 72.2 cm³/mol. The number of nitrogens with zero attached hydrogens (tertiary/aromatic N) is 1. The molecule has 0 aliphatic rings. The number of ether oxygens (including phenoxy) is 1. The Bertz CT molecular complexity index is 477. The lowest BCUT2D eigenvalue weighted by Gasteiger charge is -2.09. The number of nitrogens with two attached hydrogens (primary N) is 1. The van der Waals surface area contributed by atoms with Crippen LogP contribution in [-0.4, -0.2) is 17.4 Å². The third kappa shape index (κ3) is 3.99. The van der Waals surface area contributed by atoms with Crippen molar-refractivity contribution in [3.05, 3.63) is 32.3 Å². The van der Waals surface area contributed by atoms with E-state index in [1.165, 1.54) is 6.07 Å². The molecule has 6 nitrogen and oxygen atoms in total. The van der Waals surface area contributed by atoms with Gasteiger partial charge in [-0.2, -0.15) is 0 Å². The number of amidine groups is 1. The Hall–Kier alpha value is -1.63. The van der Waals surface area contributed by atoms with Crippen molar-refractivity contribution in [3.8, 4) is 5.75 Å². The fourth-order valence-corrected chi connectivity index (χ4v) is 2.03. The Labute approximate surface area is 113 Å². The molecule has 0 fully saturated rings. The molecule has 3 N–H and O–H groups in total. The normalized spacial score (nSPS) is 10.1. The van der Waals surface area contributed by atoms with E-state index in [0.717, 1.165) is 0 Å². The molecule has 0 heterocycles. The molecule has 0 saturated carbocycles. The minimum Gasteiger partial charge on any atom is -0.487 e. The van der Waals surface area contributed by atoms with Crippen LogP contribution in [0.15, 0.2) is 16.6 Å². The molecule has 7 heteroatoms. The minimum absolute atomic E-state index is 0.0651. The molecule has 0 aliphatic heterocycles. The summed E-state index contributed by atoms with van der Waals surface area (Å²) in [7, 11) is 0. The maximum atomic E-state index is 10.9. The van der Waals surface area contributed by atoms with Gasteiger partial charge in [0.25, 0.3) is 0 Å². The smallest absolute Gasteiger partial charge is 0.312 e. The van der Waals surface area contributed by atoms with Gasteiger partial charge >= 0.3 is 5.69 Å². The van der Waals surface area contributed by atoms with Crippen LogP contribution in [0.25, 0.3) is 0 Å². The highest BCUT2D eigenvalue weighted by Crippen LogP contribution is 2.34. The van der Waals surface area contributed by atoms with Gasteiger partial charge in [-0.25, -0.2) is 0 Å². The molecule has 0 aliphatic carbocycles. The fourth-order valence-electron chi connectivity index (χ4n) is 1.47. The van der Waals surface area contributed by atoms with Crippen LogP contribution in [0, 0.1) is 22.4 Å². The Morgan fingerprint density at radius 2 is 2.28 bits per heavy atom. The fraction of sp³-hybridized carbons (Fsp3) is 0.364. The number of halogens is 1. The number of hydrogen-bond acceptors (Lipinski definition) is 4. The van der Waals surface area contributed by atoms with E-state index in [2.05, 4.69) is 15.9 Å². The molecule has 0 aromatic heterocycles. The van der Waals surface area contributed by atoms with Crippen molar-refractivity contribution in [1.82, 2.24) is 0 Å². The van der Waals surface area contributed by atoms with Gasteiger partial charge < -0.3 is 10.5 Å². The van der Waals surface area contributed by atoms with Crippen molar-refractivity contribution < 1.29 is 9.66 Å². The van der Waals surface area contributed by atoms with E-state index in [4.69, 9.17) is 15.9 Å². The van der Waals surface area contributed by atoms with Crippen molar-refractivity contribution in [2.75, 3.05) is 6.61 Å². The molecule has 1 aromatic carbocycles. The highest BCUT2D eigenvalue weighted by Gasteiger charge is 2.18. The van der Waals surface area contributed by atoms with E-state index in [-0.39, 0.29) is 17.3 Å². The lowest BCUT2D eigenvalue weighted by Crippen LogP contribution is -2.11.